The first kappa shape index (κ1) is 15.6. The smallest absolute Gasteiger partial charge is 0.273 e. The van der Waals surface area contributed by atoms with E-state index in [2.05, 4.69) is 16.2 Å². The summed E-state index contributed by atoms with van der Waals surface area (Å²) < 4.78 is 5.21. The third kappa shape index (κ3) is 4.60. The Bertz CT molecular complexity index is 466. The van der Waals surface area contributed by atoms with Crippen LogP contribution in [0.5, 0.6) is 5.75 Å². The number of ether oxygens (including phenoxy) is 1. The molecule has 0 aliphatic carbocycles. The molecule has 0 radical (unpaired) electrons. The lowest BCUT2D eigenvalue weighted by molar-refractivity contribution is 0.0940. The summed E-state index contributed by atoms with van der Waals surface area (Å²) in [5.41, 5.74) is 5.59. The van der Waals surface area contributed by atoms with E-state index in [0.29, 0.717) is 23.0 Å². The van der Waals surface area contributed by atoms with Gasteiger partial charge in [0.25, 0.3) is 5.91 Å². The number of hydrogen-bond acceptors (Lipinski definition) is 4. The van der Waals surface area contributed by atoms with E-state index in [1.165, 1.54) is 7.11 Å². The molecule has 0 aliphatic rings. The Balaban J connectivity index is 2.73. The summed E-state index contributed by atoms with van der Waals surface area (Å²) in [7, 11) is 1.53. The summed E-state index contributed by atoms with van der Waals surface area (Å²) in [5, 5.41) is 3.24. The van der Waals surface area contributed by atoms with Gasteiger partial charge in [0.2, 0.25) is 0 Å². The number of hydrogen-bond donors (Lipinski definition) is 3. The van der Waals surface area contributed by atoms with Crippen LogP contribution in [-0.2, 0) is 0 Å². The molecule has 0 bridgehead atoms. The van der Waals surface area contributed by atoms with E-state index >= 15 is 0 Å². The maximum atomic E-state index is 12.0. The van der Waals surface area contributed by atoms with Crippen LogP contribution in [0, 0.1) is 0 Å². The third-order valence-electron chi connectivity index (χ3n) is 2.28. The lowest BCUT2D eigenvalue weighted by Crippen LogP contribution is -2.46. The van der Waals surface area contributed by atoms with Crippen LogP contribution in [0.25, 0.3) is 0 Å². The van der Waals surface area contributed by atoms with Crippen molar-refractivity contribution in [3.05, 3.63) is 23.8 Å². The van der Waals surface area contributed by atoms with Gasteiger partial charge in [0.15, 0.2) is 5.11 Å². The Morgan fingerprint density at radius 1 is 1.42 bits per heavy atom. The summed E-state index contributed by atoms with van der Waals surface area (Å²) in [6.07, 6.45) is 1.96. The van der Waals surface area contributed by atoms with Crippen LogP contribution >= 0.6 is 24.0 Å². The number of rotatable bonds is 4. The van der Waals surface area contributed by atoms with Crippen molar-refractivity contribution in [3.63, 3.8) is 0 Å². The van der Waals surface area contributed by atoms with Crippen LogP contribution < -0.4 is 20.9 Å². The topological polar surface area (TPSA) is 62.4 Å². The number of carbonyl (C=O) groups excluding carboxylic acids is 1. The number of amides is 1. The molecular weight excluding hydrogens is 282 g/mol. The Kier molecular flexibility index (Phi) is 6.44. The minimum Gasteiger partial charge on any atom is -0.496 e. The molecule has 0 aliphatic heterocycles. The molecule has 1 amide bonds. The van der Waals surface area contributed by atoms with E-state index in [0.717, 1.165) is 4.90 Å². The molecule has 1 rings (SSSR count). The van der Waals surface area contributed by atoms with Crippen molar-refractivity contribution in [2.45, 2.75) is 11.8 Å². The van der Waals surface area contributed by atoms with Crippen molar-refractivity contribution in [2.24, 2.45) is 0 Å². The molecule has 1 aromatic carbocycles. The molecule has 0 atom stereocenters. The lowest BCUT2D eigenvalue weighted by atomic mass is 10.2. The summed E-state index contributed by atoms with van der Waals surface area (Å²) >= 11 is 6.54. The number of benzene rings is 1. The van der Waals surface area contributed by atoms with Gasteiger partial charge in [0.1, 0.15) is 5.75 Å². The van der Waals surface area contributed by atoms with Crippen molar-refractivity contribution in [1.29, 1.82) is 0 Å². The Morgan fingerprint density at radius 2 is 2.16 bits per heavy atom. The standard InChI is InChI=1S/C12H17N3O2S2/c1-4-13-12(18)15-14-11(16)9-6-5-8(19-3)7-10(9)17-2/h5-7H,4H2,1-3H3,(H,14,16)(H2,13,15,18). The molecular formula is C12H17N3O2S2. The van der Waals surface area contributed by atoms with Crippen LogP contribution in [0.2, 0.25) is 0 Å². The van der Waals surface area contributed by atoms with E-state index in [4.69, 9.17) is 17.0 Å². The number of thiocarbonyl (C=S) groups is 1. The van der Waals surface area contributed by atoms with Gasteiger partial charge in [-0.25, -0.2) is 0 Å². The molecule has 104 valence electrons. The molecule has 19 heavy (non-hydrogen) atoms. The van der Waals surface area contributed by atoms with Crippen LogP contribution in [-0.4, -0.2) is 30.9 Å². The predicted octanol–water partition coefficient (Wildman–Crippen LogP) is 1.55. The molecule has 0 unspecified atom stereocenters. The van der Waals surface area contributed by atoms with Crippen LogP contribution in [0.1, 0.15) is 17.3 Å². The normalized spacial score (nSPS) is 9.63. The maximum absolute atomic E-state index is 12.0. The van der Waals surface area contributed by atoms with Crippen LogP contribution in [0.15, 0.2) is 23.1 Å². The molecule has 5 nitrogen and oxygen atoms in total. The van der Waals surface area contributed by atoms with Gasteiger partial charge in [-0.3, -0.25) is 15.6 Å². The van der Waals surface area contributed by atoms with Gasteiger partial charge in [-0.2, -0.15) is 0 Å². The highest BCUT2D eigenvalue weighted by molar-refractivity contribution is 7.98. The van der Waals surface area contributed by atoms with E-state index in [1.54, 1.807) is 17.8 Å². The summed E-state index contributed by atoms with van der Waals surface area (Å²) in [6.45, 7) is 2.60. The van der Waals surface area contributed by atoms with E-state index in [1.807, 2.05) is 25.3 Å². The first-order valence-corrected chi connectivity index (χ1v) is 7.31. The highest BCUT2D eigenvalue weighted by Crippen LogP contribution is 2.25. The van der Waals surface area contributed by atoms with Crippen molar-refractivity contribution in [2.75, 3.05) is 19.9 Å². The maximum Gasteiger partial charge on any atom is 0.273 e. The van der Waals surface area contributed by atoms with E-state index in [-0.39, 0.29) is 5.91 Å². The molecule has 0 spiro atoms. The third-order valence-corrected chi connectivity index (χ3v) is 3.25. The van der Waals surface area contributed by atoms with Gasteiger partial charge in [-0.1, -0.05) is 0 Å². The van der Waals surface area contributed by atoms with Gasteiger partial charge >= 0.3 is 0 Å². The van der Waals surface area contributed by atoms with Gasteiger partial charge in [-0.05, 0) is 43.6 Å². The van der Waals surface area contributed by atoms with E-state index < -0.39 is 0 Å². The fraction of sp³-hybridized carbons (Fsp3) is 0.333. The first-order chi connectivity index (χ1) is 9.12. The Morgan fingerprint density at radius 3 is 2.74 bits per heavy atom. The summed E-state index contributed by atoms with van der Waals surface area (Å²) in [5.74, 6) is 0.227. The average Bonchev–Trinajstić information content (AvgIpc) is 2.44. The SMILES string of the molecule is CCNC(=S)NNC(=O)c1ccc(SC)cc1OC. The molecule has 0 saturated carbocycles. The minimum absolute atomic E-state index is 0.301. The van der Waals surface area contributed by atoms with E-state index in [9.17, 15) is 4.79 Å². The summed E-state index contributed by atoms with van der Waals surface area (Å²) in [4.78, 5) is 13.0. The molecule has 0 heterocycles. The van der Waals surface area contributed by atoms with Crippen LogP contribution in [0.4, 0.5) is 0 Å². The van der Waals surface area contributed by atoms with Crippen molar-refractivity contribution >= 4 is 35.0 Å². The van der Waals surface area contributed by atoms with Gasteiger partial charge in [0, 0.05) is 11.4 Å². The minimum atomic E-state index is -0.301. The van der Waals surface area contributed by atoms with Gasteiger partial charge in [-0.15, -0.1) is 11.8 Å². The number of carbonyl (C=O) groups is 1. The largest absolute Gasteiger partial charge is 0.496 e. The number of thioether (sulfide) groups is 1. The van der Waals surface area contributed by atoms with Crippen molar-refractivity contribution in [3.8, 4) is 5.75 Å². The predicted molar refractivity (Wildman–Crippen MR) is 81.7 cm³/mol. The molecule has 7 heteroatoms. The van der Waals surface area contributed by atoms with Crippen LogP contribution in [0.3, 0.4) is 0 Å². The Hall–Kier alpha value is -1.47. The number of methoxy groups -OCH3 is 1. The fourth-order valence-electron chi connectivity index (χ4n) is 1.37. The second-order valence-corrected chi connectivity index (χ2v) is 4.79. The second-order valence-electron chi connectivity index (χ2n) is 3.50. The fourth-order valence-corrected chi connectivity index (χ4v) is 2.00. The quantitative estimate of drug-likeness (QED) is 0.445. The second kappa shape index (κ2) is 7.85. The van der Waals surface area contributed by atoms with Gasteiger partial charge in [0.05, 0.1) is 12.7 Å². The zero-order valence-corrected chi connectivity index (χ0v) is 12.7. The molecule has 1 aromatic rings. The lowest BCUT2D eigenvalue weighted by Gasteiger charge is -2.12. The monoisotopic (exact) mass is 299 g/mol. The number of hydrazine groups is 1. The summed E-state index contributed by atoms with van der Waals surface area (Å²) in [6, 6.07) is 5.41. The molecule has 0 saturated heterocycles. The zero-order chi connectivity index (χ0) is 14.3. The molecule has 0 fully saturated rings. The van der Waals surface area contributed by atoms with Crippen molar-refractivity contribution in [1.82, 2.24) is 16.2 Å². The van der Waals surface area contributed by atoms with Gasteiger partial charge < -0.3 is 10.1 Å². The molecule has 3 N–H and O–H groups in total. The Labute approximate surface area is 122 Å². The first-order valence-electron chi connectivity index (χ1n) is 5.68. The van der Waals surface area contributed by atoms with Crippen molar-refractivity contribution < 1.29 is 9.53 Å². The average molecular weight is 299 g/mol. The number of nitrogens with one attached hydrogen (secondary N) is 3. The highest BCUT2D eigenvalue weighted by Gasteiger charge is 2.12. The zero-order valence-electron chi connectivity index (χ0n) is 11.1. The molecule has 0 aromatic heterocycles. The highest BCUT2D eigenvalue weighted by atomic mass is 32.2.